The average molecular weight is 681 g/mol. The Bertz CT molecular complexity index is 1660. The van der Waals surface area contributed by atoms with Gasteiger partial charge in [0.2, 0.25) is 0 Å². The van der Waals surface area contributed by atoms with E-state index in [2.05, 4.69) is 6.92 Å². The quantitative estimate of drug-likeness (QED) is 0.0808. The Labute approximate surface area is 291 Å². The van der Waals surface area contributed by atoms with Gasteiger partial charge in [-0.15, -0.1) is 0 Å². The maximum atomic E-state index is 13.7. The zero-order valence-corrected chi connectivity index (χ0v) is 27.8. The molecule has 3 unspecified atom stereocenters. The molecule has 1 saturated heterocycles. The van der Waals surface area contributed by atoms with E-state index >= 15 is 0 Å². The van der Waals surface area contributed by atoms with Crippen LogP contribution in [0.1, 0.15) is 67.6 Å². The summed E-state index contributed by atoms with van der Waals surface area (Å²) in [5.74, 6) is -3.72. The third-order valence-electron chi connectivity index (χ3n) is 8.08. The van der Waals surface area contributed by atoms with Crippen LogP contribution >= 0.6 is 0 Å². The van der Waals surface area contributed by atoms with Crippen molar-refractivity contribution >= 4 is 23.9 Å². The number of esters is 4. The third-order valence-corrected chi connectivity index (χ3v) is 8.08. The topological polar surface area (TPSA) is 124 Å². The van der Waals surface area contributed by atoms with E-state index in [1.807, 2.05) is 0 Å². The Balaban J connectivity index is 1.55. The number of ether oxygens (including phenoxy) is 6. The fraction of sp³-hybridized carbons (Fsp3) is 0.300. The van der Waals surface area contributed by atoms with Gasteiger partial charge in [-0.1, -0.05) is 92.6 Å². The van der Waals surface area contributed by atoms with Gasteiger partial charge in [0.25, 0.3) is 0 Å². The van der Waals surface area contributed by atoms with Crippen LogP contribution in [0.4, 0.5) is 0 Å². The summed E-state index contributed by atoms with van der Waals surface area (Å²) >= 11 is 0. The van der Waals surface area contributed by atoms with Gasteiger partial charge in [0.1, 0.15) is 6.61 Å². The zero-order valence-electron chi connectivity index (χ0n) is 27.8. The first-order valence-electron chi connectivity index (χ1n) is 16.7. The van der Waals surface area contributed by atoms with Crippen LogP contribution in [-0.2, 0) is 28.4 Å². The summed E-state index contributed by atoms with van der Waals surface area (Å²) in [6.07, 6.45) is -2.91. The van der Waals surface area contributed by atoms with E-state index in [4.69, 9.17) is 28.4 Å². The normalized spacial score (nSPS) is 20.1. The molecule has 5 atom stereocenters. The predicted octanol–water partition coefficient (Wildman–Crippen LogP) is 6.70. The molecule has 1 aliphatic rings. The fourth-order valence-corrected chi connectivity index (χ4v) is 5.41. The highest BCUT2D eigenvalue weighted by Crippen LogP contribution is 2.31. The number of carbonyl (C=O) groups excluding carboxylic acids is 4. The minimum Gasteiger partial charge on any atom is -0.462 e. The molecule has 0 N–H and O–H groups in total. The van der Waals surface area contributed by atoms with Crippen molar-refractivity contribution in [2.75, 3.05) is 19.8 Å². The Hall–Kier alpha value is -5.32. The second-order valence-corrected chi connectivity index (χ2v) is 11.7. The van der Waals surface area contributed by atoms with Gasteiger partial charge in [-0.05, 0) is 55.0 Å². The first-order chi connectivity index (χ1) is 24.4. The molecule has 260 valence electrons. The van der Waals surface area contributed by atoms with Gasteiger partial charge in [-0.25, -0.2) is 19.2 Å². The van der Waals surface area contributed by atoms with Crippen LogP contribution in [-0.4, -0.2) is 68.3 Å². The number of benzene rings is 4. The molecule has 0 saturated carbocycles. The summed E-state index contributed by atoms with van der Waals surface area (Å²) in [7, 11) is 0. The summed E-state index contributed by atoms with van der Waals surface area (Å²) in [4.78, 5) is 54.0. The molecule has 0 bridgehead atoms. The number of hydrogen-bond acceptors (Lipinski definition) is 10. The largest absolute Gasteiger partial charge is 0.462 e. The summed E-state index contributed by atoms with van der Waals surface area (Å²) < 4.78 is 36.5. The monoisotopic (exact) mass is 680 g/mol. The average Bonchev–Trinajstić information content (AvgIpc) is 3.29. The van der Waals surface area contributed by atoms with Gasteiger partial charge < -0.3 is 28.4 Å². The van der Waals surface area contributed by atoms with E-state index in [-0.39, 0.29) is 36.5 Å². The summed E-state index contributed by atoms with van der Waals surface area (Å²) in [5, 5.41) is 0. The van der Waals surface area contributed by atoms with Gasteiger partial charge in [-0.2, -0.15) is 0 Å². The van der Waals surface area contributed by atoms with Crippen LogP contribution in [0.3, 0.4) is 0 Å². The molecule has 1 aliphatic heterocycles. The third kappa shape index (κ3) is 9.87. The van der Waals surface area contributed by atoms with Crippen molar-refractivity contribution < 1.29 is 47.6 Å². The molecule has 1 heterocycles. The van der Waals surface area contributed by atoms with E-state index in [1.54, 1.807) is 121 Å². The summed E-state index contributed by atoms with van der Waals surface area (Å²) in [5.41, 5.74) is 1.00. The standard InChI is InChI=1S/C40H40O10/c1-2-3-16-25-45-40-35(50-39(44)31-23-14-7-15-24-31)34(49-38(43)30-21-12-6-13-22-30)33(48-37(42)29-19-10-5-11-20-29)32(27-47-40)26-46-36(41)28-17-8-4-9-18-28/h4-15,17-24,32-35,40H,2-3,16,25-27H2,1H3/t32?,33-,34?,35?,40+/m1/s1. The number of carbonyl (C=O) groups is 4. The van der Waals surface area contributed by atoms with Crippen LogP contribution in [0.2, 0.25) is 0 Å². The van der Waals surface area contributed by atoms with Crippen molar-refractivity contribution in [3.05, 3.63) is 144 Å². The van der Waals surface area contributed by atoms with Crippen molar-refractivity contribution in [3.8, 4) is 0 Å². The molecule has 0 spiro atoms. The van der Waals surface area contributed by atoms with Gasteiger partial charge in [0, 0.05) is 6.61 Å². The van der Waals surface area contributed by atoms with E-state index in [0.717, 1.165) is 12.8 Å². The zero-order chi connectivity index (χ0) is 35.1. The summed E-state index contributed by atoms with van der Waals surface area (Å²) in [6.45, 7) is 1.85. The molecule has 4 aromatic carbocycles. The van der Waals surface area contributed by atoms with E-state index in [9.17, 15) is 19.2 Å². The molecule has 0 aliphatic carbocycles. The van der Waals surface area contributed by atoms with Crippen LogP contribution in [0.25, 0.3) is 0 Å². The van der Waals surface area contributed by atoms with Crippen molar-refractivity contribution in [2.24, 2.45) is 5.92 Å². The highest BCUT2D eigenvalue weighted by atomic mass is 16.7. The minimum absolute atomic E-state index is 0.161. The molecule has 0 amide bonds. The number of rotatable bonds is 14. The Morgan fingerprint density at radius 2 is 0.980 bits per heavy atom. The van der Waals surface area contributed by atoms with Gasteiger partial charge >= 0.3 is 23.9 Å². The molecule has 10 heteroatoms. The van der Waals surface area contributed by atoms with Crippen LogP contribution in [0.15, 0.2) is 121 Å². The van der Waals surface area contributed by atoms with Crippen molar-refractivity contribution in [3.63, 3.8) is 0 Å². The lowest BCUT2D eigenvalue weighted by molar-refractivity contribution is -0.209. The van der Waals surface area contributed by atoms with Crippen molar-refractivity contribution in [2.45, 2.75) is 50.8 Å². The van der Waals surface area contributed by atoms with Crippen LogP contribution in [0.5, 0.6) is 0 Å². The lowest BCUT2D eigenvalue weighted by atomic mass is 9.95. The maximum absolute atomic E-state index is 13.7. The maximum Gasteiger partial charge on any atom is 0.338 e. The van der Waals surface area contributed by atoms with E-state index < -0.39 is 54.4 Å². The number of hydrogen-bond donors (Lipinski definition) is 0. The second kappa shape index (κ2) is 18.4. The van der Waals surface area contributed by atoms with Crippen LogP contribution in [0, 0.1) is 5.92 Å². The molecule has 10 nitrogen and oxygen atoms in total. The highest BCUT2D eigenvalue weighted by Gasteiger charge is 2.50. The van der Waals surface area contributed by atoms with Crippen molar-refractivity contribution in [1.29, 1.82) is 0 Å². The Morgan fingerprint density at radius 1 is 0.560 bits per heavy atom. The molecule has 1 fully saturated rings. The minimum atomic E-state index is -1.46. The fourth-order valence-electron chi connectivity index (χ4n) is 5.41. The van der Waals surface area contributed by atoms with Crippen molar-refractivity contribution in [1.82, 2.24) is 0 Å². The Kier molecular flexibility index (Phi) is 13.3. The second-order valence-electron chi connectivity index (χ2n) is 11.7. The van der Waals surface area contributed by atoms with E-state index in [0.29, 0.717) is 12.0 Å². The first-order valence-corrected chi connectivity index (χ1v) is 16.7. The molecule has 50 heavy (non-hydrogen) atoms. The summed E-state index contributed by atoms with van der Waals surface area (Å²) in [6, 6.07) is 33.3. The van der Waals surface area contributed by atoms with E-state index in [1.165, 1.54) is 0 Å². The first kappa shape index (κ1) is 36.0. The lowest BCUT2D eigenvalue weighted by Gasteiger charge is -2.34. The highest BCUT2D eigenvalue weighted by molar-refractivity contribution is 5.91. The predicted molar refractivity (Wildman–Crippen MR) is 182 cm³/mol. The SMILES string of the molecule is CCCCCO[C@H]1OCC(COC(=O)c2ccccc2)[C@@H](OC(=O)c2ccccc2)C(OC(=O)c2ccccc2)C1OC(=O)c1ccccc1. The van der Waals surface area contributed by atoms with Gasteiger partial charge in [-0.3, -0.25) is 0 Å². The van der Waals surface area contributed by atoms with Crippen LogP contribution < -0.4 is 0 Å². The molecule has 4 aromatic rings. The molecular formula is C40H40O10. The Morgan fingerprint density at radius 3 is 1.44 bits per heavy atom. The van der Waals surface area contributed by atoms with Gasteiger partial charge in [0.15, 0.2) is 24.6 Å². The molecule has 5 rings (SSSR count). The van der Waals surface area contributed by atoms with Gasteiger partial charge in [0.05, 0.1) is 34.8 Å². The molecular weight excluding hydrogens is 640 g/mol. The smallest absolute Gasteiger partial charge is 0.338 e. The number of unbranched alkanes of at least 4 members (excludes halogenated alkanes) is 2. The molecule has 0 aromatic heterocycles. The lowest BCUT2D eigenvalue weighted by Crippen LogP contribution is -2.52. The molecule has 0 radical (unpaired) electrons.